The Morgan fingerprint density at radius 1 is 1.65 bits per heavy atom. The van der Waals surface area contributed by atoms with Crippen molar-refractivity contribution in [3.63, 3.8) is 0 Å². The van der Waals surface area contributed by atoms with Crippen LogP contribution in [-0.2, 0) is 4.74 Å². The molecular weight excluding hydrogens is 274 g/mol. The van der Waals surface area contributed by atoms with Gasteiger partial charge in [-0.1, -0.05) is 11.8 Å². The van der Waals surface area contributed by atoms with Crippen molar-refractivity contribution in [3.05, 3.63) is 21.4 Å². The van der Waals surface area contributed by atoms with E-state index in [1.807, 2.05) is 17.9 Å². The highest BCUT2D eigenvalue weighted by atomic mass is 32.1. The topological polar surface area (TPSA) is 49.8 Å². The Morgan fingerprint density at radius 3 is 3.10 bits per heavy atom. The van der Waals surface area contributed by atoms with Crippen LogP contribution in [0.25, 0.3) is 0 Å². The van der Waals surface area contributed by atoms with Crippen molar-refractivity contribution in [1.82, 2.24) is 4.90 Å². The van der Waals surface area contributed by atoms with Crippen molar-refractivity contribution in [1.29, 1.82) is 0 Å². The lowest BCUT2D eigenvalue weighted by Gasteiger charge is -2.14. The van der Waals surface area contributed by atoms with E-state index < -0.39 is 0 Å². The summed E-state index contributed by atoms with van der Waals surface area (Å²) in [7, 11) is 1.68. The maximum atomic E-state index is 12.4. The quantitative estimate of drug-likeness (QED) is 0.862. The Morgan fingerprint density at radius 2 is 2.45 bits per heavy atom. The molecule has 108 valence electrons. The summed E-state index contributed by atoms with van der Waals surface area (Å²) < 4.78 is 5.29. The Labute approximate surface area is 123 Å². The number of thiophene rings is 1. The second-order valence-corrected chi connectivity index (χ2v) is 5.85. The van der Waals surface area contributed by atoms with Crippen LogP contribution in [-0.4, -0.2) is 48.8 Å². The van der Waals surface area contributed by atoms with Gasteiger partial charge in [0.1, 0.15) is 0 Å². The molecule has 1 aromatic rings. The van der Waals surface area contributed by atoms with Crippen LogP contribution in [0.3, 0.4) is 0 Å². The molecule has 4 nitrogen and oxygen atoms in total. The number of amides is 1. The van der Waals surface area contributed by atoms with Crippen LogP contribution in [0.2, 0.25) is 0 Å². The Balaban J connectivity index is 2.08. The van der Waals surface area contributed by atoms with Crippen LogP contribution in [0.1, 0.15) is 33.0 Å². The number of carbonyl (C=O) groups excluding carboxylic acids is 1. The van der Waals surface area contributed by atoms with Gasteiger partial charge < -0.3 is 14.7 Å². The van der Waals surface area contributed by atoms with Crippen molar-refractivity contribution >= 4 is 17.2 Å². The monoisotopic (exact) mass is 293 g/mol. The maximum absolute atomic E-state index is 12.4. The maximum Gasteiger partial charge on any atom is 0.264 e. The fourth-order valence-electron chi connectivity index (χ4n) is 2.17. The number of methoxy groups -OCH3 is 1. The molecule has 1 fully saturated rings. The van der Waals surface area contributed by atoms with E-state index in [-0.39, 0.29) is 18.6 Å². The van der Waals surface area contributed by atoms with Crippen molar-refractivity contribution in [2.45, 2.75) is 25.9 Å². The highest BCUT2D eigenvalue weighted by molar-refractivity contribution is 7.14. The van der Waals surface area contributed by atoms with Gasteiger partial charge >= 0.3 is 0 Å². The van der Waals surface area contributed by atoms with E-state index in [0.29, 0.717) is 13.0 Å². The molecule has 20 heavy (non-hydrogen) atoms. The third-order valence-electron chi connectivity index (χ3n) is 3.33. The van der Waals surface area contributed by atoms with E-state index in [1.165, 1.54) is 11.3 Å². The molecule has 1 aliphatic heterocycles. The van der Waals surface area contributed by atoms with Crippen LogP contribution in [0.4, 0.5) is 0 Å². The summed E-state index contributed by atoms with van der Waals surface area (Å²) in [6, 6.07) is 1.90. The largest absolute Gasteiger partial charge is 0.395 e. The van der Waals surface area contributed by atoms with Gasteiger partial charge in [0.05, 0.1) is 22.5 Å². The Bertz CT molecular complexity index is 541. The second kappa shape index (κ2) is 6.89. The van der Waals surface area contributed by atoms with Crippen LogP contribution in [0, 0.1) is 18.8 Å². The van der Waals surface area contributed by atoms with Crippen molar-refractivity contribution in [2.75, 3.05) is 26.8 Å². The van der Waals surface area contributed by atoms with Gasteiger partial charge in [0.2, 0.25) is 0 Å². The summed E-state index contributed by atoms with van der Waals surface area (Å²) in [6.07, 6.45) is 1.52. The van der Waals surface area contributed by atoms with Crippen molar-refractivity contribution < 1.29 is 14.6 Å². The molecule has 1 aromatic heterocycles. The van der Waals surface area contributed by atoms with Crippen molar-refractivity contribution in [3.8, 4) is 11.8 Å². The fraction of sp³-hybridized carbons (Fsp3) is 0.533. The minimum atomic E-state index is 0.0628. The molecule has 1 aliphatic rings. The summed E-state index contributed by atoms with van der Waals surface area (Å²) in [5.74, 6) is 5.97. The predicted molar refractivity (Wildman–Crippen MR) is 79.0 cm³/mol. The summed E-state index contributed by atoms with van der Waals surface area (Å²) in [5, 5.41) is 8.73. The molecule has 5 heteroatoms. The zero-order valence-corrected chi connectivity index (χ0v) is 12.6. The number of aliphatic hydroxyl groups is 1. The Kier molecular flexibility index (Phi) is 5.18. The number of nitrogens with zero attached hydrogens (tertiary/aromatic N) is 1. The number of aryl methyl sites for hydroxylation is 1. The molecular formula is C15H19NO3S. The van der Waals surface area contributed by atoms with Gasteiger partial charge in [-0.05, 0) is 25.0 Å². The third-order valence-corrected chi connectivity index (χ3v) is 4.47. The lowest BCUT2D eigenvalue weighted by molar-refractivity contribution is 0.0728. The third kappa shape index (κ3) is 3.40. The highest BCUT2D eigenvalue weighted by Crippen LogP contribution is 2.24. The van der Waals surface area contributed by atoms with E-state index >= 15 is 0 Å². The number of hydrogen-bond donors (Lipinski definition) is 1. The van der Waals surface area contributed by atoms with Gasteiger partial charge in [0.15, 0.2) is 0 Å². The predicted octanol–water partition coefficient (Wildman–Crippen LogP) is 1.65. The molecule has 1 N–H and O–H groups in total. The van der Waals surface area contributed by atoms with Crippen molar-refractivity contribution in [2.24, 2.45) is 0 Å². The number of ether oxygens (including phenoxy) is 1. The fourth-order valence-corrected chi connectivity index (χ4v) is 3.19. The van der Waals surface area contributed by atoms with Gasteiger partial charge in [0.25, 0.3) is 5.91 Å². The summed E-state index contributed by atoms with van der Waals surface area (Å²) >= 11 is 1.43. The van der Waals surface area contributed by atoms with E-state index in [9.17, 15) is 4.79 Å². The first-order valence-corrected chi connectivity index (χ1v) is 7.49. The van der Waals surface area contributed by atoms with Crippen LogP contribution < -0.4 is 0 Å². The summed E-state index contributed by atoms with van der Waals surface area (Å²) in [6.45, 7) is 3.44. The van der Waals surface area contributed by atoms with Gasteiger partial charge in [-0.2, -0.15) is 0 Å². The van der Waals surface area contributed by atoms with E-state index in [1.54, 1.807) is 7.11 Å². The first-order valence-electron chi connectivity index (χ1n) is 6.68. The Hall–Kier alpha value is -1.35. The van der Waals surface area contributed by atoms with Crippen LogP contribution in [0.15, 0.2) is 6.07 Å². The molecule has 1 atom stereocenters. The molecule has 0 aromatic carbocycles. The van der Waals surface area contributed by atoms with Gasteiger partial charge in [-0.25, -0.2) is 0 Å². The molecule has 1 unspecified atom stereocenters. The second-order valence-electron chi connectivity index (χ2n) is 4.80. The number of aliphatic hydroxyl groups excluding tert-OH is 1. The van der Waals surface area contributed by atoms with Gasteiger partial charge in [-0.15, -0.1) is 11.3 Å². The molecule has 1 saturated heterocycles. The summed E-state index contributed by atoms with van der Waals surface area (Å²) in [5.41, 5.74) is 1.02. The number of hydrogen-bond acceptors (Lipinski definition) is 4. The minimum Gasteiger partial charge on any atom is -0.395 e. The van der Waals surface area contributed by atoms with Crippen LogP contribution in [0.5, 0.6) is 0 Å². The average Bonchev–Trinajstić information content (AvgIpc) is 3.05. The van der Waals surface area contributed by atoms with E-state index in [2.05, 4.69) is 11.8 Å². The molecule has 0 aliphatic carbocycles. The highest BCUT2D eigenvalue weighted by Gasteiger charge is 2.27. The lowest BCUT2D eigenvalue weighted by Crippen LogP contribution is -2.29. The van der Waals surface area contributed by atoms with Gasteiger partial charge in [-0.3, -0.25) is 4.79 Å². The van der Waals surface area contributed by atoms with E-state index in [0.717, 1.165) is 28.3 Å². The molecule has 1 amide bonds. The van der Waals surface area contributed by atoms with Crippen LogP contribution >= 0.6 is 11.3 Å². The minimum absolute atomic E-state index is 0.0628. The zero-order chi connectivity index (χ0) is 14.5. The zero-order valence-electron chi connectivity index (χ0n) is 11.8. The number of likely N-dealkylation sites (tertiary alicyclic amines) is 1. The van der Waals surface area contributed by atoms with Gasteiger partial charge in [0, 0.05) is 26.6 Å². The number of carbonyl (C=O) groups is 1. The molecule has 0 spiro atoms. The summed E-state index contributed by atoms with van der Waals surface area (Å²) in [4.78, 5) is 15.9. The smallest absolute Gasteiger partial charge is 0.264 e. The average molecular weight is 293 g/mol. The SMILES string of the molecule is COC1CCN(C(=O)c2cc(C)c(C#CCCO)s2)C1. The van der Waals surface area contributed by atoms with E-state index in [4.69, 9.17) is 9.84 Å². The molecule has 0 saturated carbocycles. The number of rotatable bonds is 3. The standard InChI is InChI=1S/C15H19NO3S/c1-11-9-14(20-13(11)5-3-4-8-17)15(18)16-7-6-12(10-16)19-2/h9,12,17H,4,6-8,10H2,1-2H3. The molecule has 0 bridgehead atoms. The first-order chi connectivity index (χ1) is 9.65. The first kappa shape index (κ1) is 15.0. The lowest BCUT2D eigenvalue weighted by atomic mass is 10.2. The molecule has 0 radical (unpaired) electrons. The normalized spacial score (nSPS) is 17.9. The molecule has 2 heterocycles. The molecule has 2 rings (SSSR count).